The molecule has 0 atom stereocenters. The zero-order valence-electron chi connectivity index (χ0n) is 8.73. The average molecular weight is 250 g/mol. The minimum Gasteiger partial charge on any atom is -0.272 e. The van der Waals surface area contributed by atoms with Crippen molar-refractivity contribution in [3.05, 3.63) is 66.2 Å². The first-order valence-corrected chi connectivity index (χ1v) is 4.62. The van der Waals surface area contributed by atoms with Gasteiger partial charge in [-0.15, -0.1) is 0 Å². The molecule has 0 saturated heterocycles. The Hall–Kier alpha value is -3.04. The van der Waals surface area contributed by atoms with Crippen molar-refractivity contribution in [1.82, 2.24) is 19.3 Å². The van der Waals surface area contributed by atoms with Crippen LogP contribution in [0.15, 0.2) is 54.2 Å². The second-order valence-electron chi connectivity index (χ2n) is 3.09. The number of rotatable bonds is 2. The largest absolute Gasteiger partial charge is 0.350 e. The van der Waals surface area contributed by atoms with Gasteiger partial charge < -0.3 is 0 Å². The summed E-state index contributed by atoms with van der Waals surface area (Å²) in [6.07, 6.45) is 2.17. The van der Waals surface area contributed by atoms with Gasteiger partial charge in [-0.2, -0.15) is 9.35 Å². The SMILES string of the molecule is O=c1ccn(N=Nn2ccc(=O)[nH]c2=O)c(=O)[nH]1. The number of hydrogen-bond donors (Lipinski definition) is 2. The molecule has 0 aliphatic rings. The fraction of sp³-hybridized carbons (Fsp3) is 0. The number of H-pyrrole nitrogens is 2. The predicted molar refractivity (Wildman–Crippen MR) is 58.3 cm³/mol. The number of aromatic nitrogens is 4. The molecule has 0 unspecified atom stereocenters. The van der Waals surface area contributed by atoms with Crippen molar-refractivity contribution in [3.63, 3.8) is 0 Å². The molecule has 2 heterocycles. The minimum absolute atomic E-state index is 0.576. The van der Waals surface area contributed by atoms with Crippen molar-refractivity contribution >= 4 is 0 Å². The summed E-state index contributed by atoms with van der Waals surface area (Å²) in [7, 11) is 0. The van der Waals surface area contributed by atoms with E-state index in [1.165, 1.54) is 0 Å². The third-order valence-corrected chi connectivity index (χ3v) is 1.84. The van der Waals surface area contributed by atoms with Crippen molar-refractivity contribution in [3.8, 4) is 0 Å². The number of hydrogen-bond acceptors (Lipinski definition) is 6. The van der Waals surface area contributed by atoms with Crippen LogP contribution in [0, 0.1) is 0 Å². The highest BCUT2D eigenvalue weighted by atomic mass is 16.2. The summed E-state index contributed by atoms with van der Waals surface area (Å²) in [5, 5.41) is 6.82. The molecule has 0 aromatic carbocycles. The lowest BCUT2D eigenvalue weighted by atomic mass is 10.7. The molecule has 2 N–H and O–H groups in total. The molecule has 92 valence electrons. The Morgan fingerprint density at radius 2 is 1.17 bits per heavy atom. The van der Waals surface area contributed by atoms with Crippen molar-refractivity contribution in [1.29, 1.82) is 0 Å². The van der Waals surface area contributed by atoms with Crippen LogP contribution in [0.5, 0.6) is 0 Å². The van der Waals surface area contributed by atoms with Gasteiger partial charge in [0.2, 0.25) is 0 Å². The maximum atomic E-state index is 11.2. The van der Waals surface area contributed by atoms with Gasteiger partial charge in [0.1, 0.15) is 0 Å². The van der Waals surface area contributed by atoms with Crippen molar-refractivity contribution in [2.45, 2.75) is 0 Å². The highest BCUT2D eigenvalue weighted by molar-refractivity contribution is 4.83. The minimum atomic E-state index is -0.802. The average Bonchev–Trinajstić information content (AvgIpc) is 2.30. The first-order valence-electron chi connectivity index (χ1n) is 4.62. The lowest BCUT2D eigenvalue weighted by Crippen LogP contribution is -2.28. The summed E-state index contributed by atoms with van der Waals surface area (Å²) in [4.78, 5) is 47.9. The molecule has 2 rings (SSSR count). The van der Waals surface area contributed by atoms with Crippen LogP contribution in [0.3, 0.4) is 0 Å². The molecule has 0 saturated carbocycles. The lowest BCUT2D eigenvalue weighted by Gasteiger charge is -1.95. The van der Waals surface area contributed by atoms with Crippen molar-refractivity contribution < 1.29 is 0 Å². The van der Waals surface area contributed by atoms with Crippen LogP contribution in [0.25, 0.3) is 0 Å². The maximum absolute atomic E-state index is 11.2. The van der Waals surface area contributed by atoms with Gasteiger partial charge in [0.25, 0.3) is 11.1 Å². The Morgan fingerprint density at radius 3 is 1.50 bits per heavy atom. The second-order valence-corrected chi connectivity index (χ2v) is 3.09. The normalized spacial score (nSPS) is 10.9. The summed E-state index contributed by atoms with van der Waals surface area (Å²) in [6.45, 7) is 0. The Bertz CT molecular complexity index is 753. The molecule has 0 aliphatic carbocycles. The Kier molecular flexibility index (Phi) is 2.83. The molecule has 0 fully saturated rings. The molecule has 10 heteroatoms. The van der Waals surface area contributed by atoms with E-state index in [1.807, 2.05) is 9.97 Å². The van der Waals surface area contributed by atoms with Gasteiger partial charge in [0.15, 0.2) is 0 Å². The number of nitrogens with zero attached hydrogens (tertiary/aromatic N) is 4. The van der Waals surface area contributed by atoms with Gasteiger partial charge in [-0.3, -0.25) is 19.6 Å². The summed E-state index contributed by atoms with van der Waals surface area (Å²) in [5.74, 6) is 0. The van der Waals surface area contributed by atoms with E-state index >= 15 is 0 Å². The van der Waals surface area contributed by atoms with Crippen LogP contribution in [0.2, 0.25) is 0 Å². The van der Waals surface area contributed by atoms with Crippen LogP contribution >= 0.6 is 0 Å². The fourth-order valence-electron chi connectivity index (χ4n) is 1.05. The van der Waals surface area contributed by atoms with Gasteiger partial charge in [-0.1, -0.05) is 0 Å². The van der Waals surface area contributed by atoms with E-state index < -0.39 is 22.5 Å². The highest BCUT2D eigenvalue weighted by Gasteiger charge is 1.95. The van der Waals surface area contributed by atoms with Crippen molar-refractivity contribution in [2.75, 3.05) is 0 Å². The van der Waals surface area contributed by atoms with Crippen LogP contribution < -0.4 is 22.5 Å². The fourth-order valence-corrected chi connectivity index (χ4v) is 1.05. The first-order chi connectivity index (χ1) is 8.56. The first kappa shape index (κ1) is 11.4. The summed E-state index contributed by atoms with van der Waals surface area (Å²) >= 11 is 0. The van der Waals surface area contributed by atoms with E-state index in [-0.39, 0.29) is 0 Å². The monoisotopic (exact) mass is 250 g/mol. The molecule has 18 heavy (non-hydrogen) atoms. The van der Waals surface area contributed by atoms with Gasteiger partial charge in [-0.25, -0.2) is 9.59 Å². The van der Waals surface area contributed by atoms with Gasteiger partial charge >= 0.3 is 11.4 Å². The number of nitrogens with one attached hydrogen (secondary N) is 2. The van der Waals surface area contributed by atoms with Crippen LogP contribution in [0.1, 0.15) is 0 Å². The van der Waals surface area contributed by atoms with E-state index in [1.54, 1.807) is 0 Å². The maximum Gasteiger partial charge on any atom is 0.350 e. The third-order valence-electron chi connectivity index (χ3n) is 1.84. The lowest BCUT2D eigenvalue weighted by molar-refractivity contribution is 0.625. The zero-order chi connectivity index (χ0) is 13.1. The quantitative estimate of drug-likeness (QED) is 0.599. The van der Waals surface area contributed by atoms with E-state index in [4.69, 9.17) is 0 Å². The predicted octanol–water partition coefficient (Wildman–Crippen LogP) is -1.93. The molecule has 0 radical (unpaired) electrons. The standard InChI is InChI=1S/C8H6N6O4/c15-5-1-3-13(7(17)9-5)11-12-14-4-2-6(16)10-8(14)18/h1-4H,(H,9,15,17)(H,10,16,18). The molecular formula is C8H6N6O4. The molecule has 0 bridgehead atoms. The smallest absolute Gasteiger partial charge is 0.272 e. The van der Waals surface area contributed by atoms with E-state index in [0.717, 1.165) is 33.9 Å². The van der Waals surface area contributed by atoms with Gasteiger partial charge in [-0.05, 0) is 10.4 Å². The van der Waals surface area contributed by atoms with Crippen LogP contribution in [0.4, 0.5) is 0 Å². The molecule has 0 aliphatic heterocycles. The van der Waals surface area contributed by atoms with Crippen molar-refractivity contribution in [2.24, 2.45) is 10.4 Å². The van der Waals surface area contributed by atoms with E-state index in [2.05, 4.69) is 10.4 Å². The molecule has 2 aromatic heterocycles. The second kappa shape index (κ2) is 4.45. The van der Waals surface area contributed by atoms with Crippen LogP contribution in [-0.2, 0) is 0 Å². The molecular weight excluding hydrogens is 244 g/mol. The van der Waals surface area contributed by atoms with E-state index in [9.17, 15) is 19.2 Å². The highest BCUT2D eigenvalue weighted by Crippen LogP contribution is 1.80. The summed E-state index contributed by atoms with van der Waals surface area (Å²) in [5.41, 5.74) is -2.76. The van der Waals surface area contributed by atoms with Crippen LogP contribution in [-0.4, -0.2) is 19.3 Å². The molecule has 0 amide bonds. The third kappa shape index (κ3) is 2.37. The Labute approximate surface area is 96.8 Å². The Balaban J connectivity index is 2.42. The van der Waals surface area contributed by atoms with Gasteiger partial charge in [0, 0.05) is 24.5 Å². The molecule has 2 aromatic rings. The van der Waals surface area contributed by atoms with Gasteiger partial charge in [0.05, 0.1) is 0 Å². The summed E-state index contributed by atoms with van der Waals surface area (Å²) < 4.78 is 1.44. The molecule has 0 spiro atoms. The zero-order valence-corrected chi connectivity index (χ0v) is 8.73. The Morgan fingerprint density at radius 1 is 0.778 bits per heavy atom. The summed E-state index contributed by atoms with van der Waals surface area (Å²) in [6, 6.07) is 2.13. The van der Waals surface area contributed by atoms with E-state index in [0.29, 0.717) is 0 Å². The number of aromatic amines is 2. The molecule has 10 nitrogen and oxygen atoms in total. The topological polar surface area (TPSA) is 134 Å².